The summed E-state index contributed by atoms with van der Waals surface area (Å²) in [4.78, 5) is 0.892. The number of hydrogen-bond acceptors (Lipinski definition) is 1. The van der Waals surface area contributed by atoms with Gasteiger partial charge in [0.2, 0.25) is 0 Å². The Bertz CT molecular complexity index is 344. The van der Waals surface area contributed by atoms with Crippen LogP contribution in [0, 0.1) is 6.42 Å². The zero-order valence-corrected chi connectivity index (χ0v) is 6.81. The minimum atomic E-state index is 0.892. The van der Waals surface area contributed by atoms with E-state index in [4.69, 9.17) is 0 Å². The number of benzene rings is 1. The van der Waals surface area contributed by atoms with Gasteiger partial charge in [0.1, 0.15) is 0 Å². The van der Waals surface area contributed by atoms with Crippen LogP contribution < -0.4 is 0 Å². The van der Waals surface area contributed by atoms with Crippen LogP contribution in [0.25, 0.3) is 6.08 Å². The summed E-state index contributed by atoms with van der Waals surface area (Å²) >= 11 is 4.20. The highest BCUT2D eigenvalue weighted by Crippen LogP contribution is 2.22. The van der Waals surface area contributed by atoms with E-state index in [2.05, 4.69) is 30.5 Å². The summed E-state index contributed by atoms with van der Waals surface area (Å²) in [5, 5.41) is 0. The van der Waals surface area contributed by atoms with Gasteiger partial charge in [-0.3, -0.25) is 0 Å². The molecule has 0 amide bonds. The molecular formula is C10H7S. The lowest BCUT2D eigenvalue weighted by atomic mass is 10.0. The molecule has 1 aliphatic carbocycles. The molecule has 11 heavy (non-hydrogen) atoms. The van der Waals surface area contributed by atoms with E-state index in [0.717, 1.165) is 4.91 Å². The number of hydrogen-bond donors (Lipinski definition) is 1. The molecule has 1 radical (unpaired) electrons. The third-order valence-corrected chi connectivity index (χ3v) is 1.92. The van der Waals surface area contributed by atoms with E-state index in [1.165, 1.54) is 11.1 Å². The molecule has 0 nitrogen and oxygen atoms in total. The first-order valence-corrected chi connectivity index (χ1v) is 3.90. The molecule has 1 aromatic carbocycles. The van der Waals surface area contributed by atoms with Gasteiger partial charge in [-0.25, -0.2) is 0 Å². The van der Waals surface area contributed by atoms with E-state index in [1.54, 1.807) is 0 Å². The van der Waals surface area contributed by atoms with Crippen molar-refractivity contribution >= 4 is 18.7 Å². The molecule has 1 aromatic rings. The molecule has 0 aromatic heterocycles. The highest BCUT2D eigenvalue weighted by Gasteiger charge is 2.03. The predicted molar refractivity (Wildman–Crippen MR) is 50.3 cm³/mol. The molecule has 0 atom stereocenters. The van der Waals surface area contributed by atoms with E-state index < -0.39 is 0 Å². The SMILES string of the molecule is SC1=C=Cc2ccccc2[CH]1. The second-order valence-electron chi connectivity index (χ2n) is 2.45. The van der Waals surface area contributed by atoms with Gasteiger partial charge in [-0.2, -0.15) is 0 Å². The van der Waals surface area contributed by atoms with Crippen LogP contribution in [0.1, 0.15) is 11.1 Å². The van der Waals surface area contributed by atoms with Crippen molar-refractivity contribution in [1.29, 1.82) is 0 Å². The van der Waals surface area contributed by atoms with E-state index in [1.807, 2.05) is 24.6 Å². The van der Waals surface area contributed by atoms with E-state index in [9.17, 15) is 0 Å². The summed E-state index contributed by atoms with van der Waals surface area (Å²) in [5.74, 6) is 0. The molecule has 0 heterocycles. The van der Waals surface area contributed by atoms with Gasteiger partial charge in [0.25, 0.3) is 0 Å². The maximum Gasteiger partial charge on any atom is 0.0347 e. The Kier molecular flexibility index (Phi) is 1.61. The number of rotatable bonds is 0. The van der Waals surface area contributed by atoms with Crippen molar-refractivity contribution in [3.05, 3.63) is 52.4 Å². The molecule has 0 N–H and O–H groups in total. The second kappa shape index (κ2) is 2.61. The van der Waals surface area contributed by atoms with Crippen molar-refractivity contribution in [2.24, 2.45) is 0 Å². The average Bonchev–Trinajstić information content (AvgIpc) is 2.04. The van der Waals surface area contributed by atoms with Crippen LogP contribution in [0.4, 0.5) is 0 Å². The molecular weight excluding hydrogens is 152 g/mol. The average molecular weight is 159 g/mol. The molecule has 0 aliphatic heterocycles. The maximum atomic E-state index is 4.20. The Morgan fingerprint density at radius 3 is 2.64 bits per heavy atom. The van der Waals surface area contributed by atoms with Gasteiger partial charge >= 0.3 is 0 Å². The Balaban J connectivity index is 2.59. The van der Waals surface area contributed by atoms with Crippen LogP contribution in [-0.4, -0.2) is 0 Å². The Morgan fingerprint density at radius 2 is 1.82 bits per heavy atom. The van der Waals surface area contributed by atoms with Gasteiger partial charge in [0.15, 0.2) is 0 Å². The quantitative estimate of drug-likeness (QED) is 0.436. The fourth-order valence-corrected chi connectivity index (χ4v) is 1.32. The Hall–Kier alpha value is -0.910. The summed E-state index contributed by atoms with van der Waals surface area (Å²) in [5.41, 5.74) is 5.47. The Labute approximate surface area is 71.7 Å². The highest BCUT2D eigenvalue weighted by molar-refractivity contribution is 7.84. The number of allylic oxidation sites excluding steroid dienone is 1. The Morgan fingerprint density at radius 1 is 1.09 bits per heavy atom. The van der Waals surface area contributed by atoms with Gasteiger partial charge in [-0.1, -0.05) is 24.3 Å². The molecule has 0 spiro atoms. The summed E-state index contributed by atoms with van der Waals surface area (Å²) in [6.45, 7) is 0. The molecule has 53 valence electrons. The summed E-state index contributed by atoms with van der Waals surface area (Å²) < 4.78 is 0. The van der Waals surface area contributed by atoms with Crippen LogP contribution in [-0.2, 0) is 0 Å². The third kappa shape index (κ3) is 1.25. The van der Waals surface area contributed by atoms with Crippen molar-refractivity contribution < 1.29 is 0 Å². The first kappa shape index (κ1) is 6.78. The van der Waals surface area contributed by atoms with Gasteiger partial charge in [-0.05, 0) is 17.2 Å². The smallest absolute Gasteiger partial charge is 0.0347 e. The minimum Gasteiger partial charge on any atom is -0.139 e. The summed E-state index contributed by atoms with van der Waals surface area (Å²) in [6.07, 6.45) is 3.97. The van der Waals surface area contributed by atoms with Crippen LogP contribution in [0.15, 0.2) is 34.9 Å². The van der Waals surface area contributed by atoms with Gasteiger partial charge in [0.05, 0.1) is 0 Å². The third-order valence-electron chi connectivity index (χ3n) is 1.66. The van der Waals surface area contributed by atoms with E-state index in [-0.39, 0.29) is 0 Å². The standard InChI is InChI=1S/C10H7S/c11-10-6-5-8-3-1-2-4-9(8)7-10/h1-5,7,11H. The van der Waals surface area contributed by atoms with Crippen molar-refractivity contribution in [2.45, 2.75) is 0 Å². The molecule has 1 aliphatic rings. The molecule has 1 heteroatoms. The van der Waals surface area contributed by atoms with Crippen LogP contribution in [0.3, 0.4) is 0 Å². The van der Waals surface area contributed by atoms with Crippen molar-refractivity contribution in [1.82, 2.24) is 0 Å². The van der Waals surface area contributed by atoms with Crippen LogP contribution in [0.5, 0.6) is 0 Å². The summed E-state index contributed by atoms with van der Waals surface area (Å²) in [6, 6.07) is 8.19. The summed E-state index contributed by atoms with van der Waals surface area (Å²) in [7, 11) is 0. The fraction of sp³-hybridized carbons (Fsp3) is 0. The minimum absolute atomic E-state index is 0.892. The first-order valence-electron chi connectivity index (χ1n) is 3.46. The zero-order valence-electron chi connectivity index (χ0n) is 5.91. The molecule has 0 saturated heterocycles. The molecule has 0 fully saturated rings. The maximum absolute atomic E-state index is 4.20. The van der Waals surface area contributed by atoms with E-state index >= 15 is 0 Å². The molecule has 2 rings (SSSR count). The lowest BCUT2D eigenvalue weighted by Crippen LogP contribution is -1.88. The first-order chi connectivity index (χ1) is 5.36. The highest BCUT2D eigenvalue weighted by atomic mass is 32.1. The van der Waals surface area contributed by atoms with Gasteiger partial charge < -0.3 is 0 Å². The van der Waals surface area contributed by atoms with Gasteiger partial charge in [0, 0.05) is 11.3 Å². The predicted octanol–water partition coefficient (Wildman–Crippen LogP) is 2.68. The van der Waals surface area contributed by atoms with Crippen molar-refractivity contribution in [2.75, 3.05) is 0 Å². The lowest BCUT2D eigenvalue weighted by Gasteiger charge is -2.06. The molecule has 0 unspecified atom stereocenters. The van der Waals surface area contributed by atoms with E-state index in [0.29, 0.717) is 0 Å². The van der Waals surface area contributed by atoms with Gasteiger partial charge in [-0.15, -0.1) is 18.4 Å². The largest absolute Gasteiger partial charge is 0.139 e. The van der Waals surface area contributed by atoms with Crippen molar-refractivity contribution in [3.63, 3.8) is 0 Å². The number of thiol groups is 1. The zero-order chi connectivity index (χ0) is 7.68. The topological polar surface area (TPSA) is 0 Å². The fourth-order valence-electron chi connectivity index (χ4n) is 1.11. The van der Waals surface area contributed by atoms with Crippen LogP contribution in [0.2, 0.25) is 0 Å². The van der Waals surface area contributed by atoms with Crippen molar-refractivity contribution in [3.8, 4) is 0 Å². The lowest BCUT2D eigenvalue weighted by molar-refractivity contribution is 1.46. The van der Waals surface area contributed by atoms with Crippen LogP contribution >= 0.6 is 12.6 Å². The molecule has 0 bridgehead atoms. The monoisotopic (exact) mass is 159 g/mol. The normalized spacial score (nSPS) is 14.1. The molecule has 0 saturated carbocycles. The number of fused-ring (bicyclic) bond motifs is 1. The second-order valence-corrected chi connectivity index (χ2v) is 2.93.